The number of hydrogen-bond acceptors (Lipinski definition) is 5. The van der Waals surface area contributed by atoms with Gasteiger partial charge in [-0.2, -0.15) is 0 Å². The summed E-state index contributed by atoms with van der Waals surface area (Å²) >= 11 is 0. The van der Waals surface area contributed by atoms with Gasteiger partial charge in [-0.25, -0.2) is 0 Å². The van der Waals surface area contributed by atoms with Gasteiger partial charge in [0, 0.05) is 0 Å². The summed E-state index contributed by atoms with van der Waals surface area (Å²) in [6, 6.07) is 0. The Bertz CT molecular complexity index is 304. The zero-order valence-corrected chi connectivity index (χ0v) is 9.23. The van der Waals surface area contributed by atoms with E-state index in [1.807, 2.05) is 0 Å². The molecule has 0 rings (SSSR count). The Morgan fingerprint density at radius 2 is 1.67 bits per heavy atom. The fourth-order valence-corrected chi connectivity index (χ4v) is 1.23. The van der Waals surface area contributed by atoms with Crippen LogP contribution in [0, 0.1) is 0 Å². The molecule has 0 aromatic rings. The first-order valence-electron chi connectivity index (χ1n) is 3.56. The molecule has 0 aromatic carbocycles. The molecular formula is C4H11NO8P2. The first-order chi connectivity index (χ1) is 6.60. The minimum absolute atomic E-state index is 0.537. The lowest BCUT2D eigenvalue weighted by Gasteiger charge is -2.07. The Labute approximate surface area is 84.8 Å². The second-order valence-electron chi connectivity index (χ2n) is 2.56. The molecule has 0 spiro atoms. The van der Waals surface area contributed by atoms with Gasteiger partial charge in [0.25, 0.3) is 0 Å². The third-order valence-electron chi connectivity index (χ3n) is 0.981. The van der Waals surface area contributed by atoms with Gasteiger partial charge in [-0.15, -0.1) is 0 Å². The second kappa shape index (κ2) is 5.72. The number of carbonyl (C=O) groups excluding carboxylic acids is 1. The van der Waals surface area contributed by atoms with E-state index < -0.39 is 40.3 Å². The highest BCUT2D eigenvalue weighted by Crippen LogP contribution is 2.34. The Morgan fingerprint density at radius 1 is 1.13 bits per heavy atom. The van der Waals surface area contributed by atoms with Crippen molar-refractivity contribution in [1.29, 1.82) is 0 Å². The number of carbonyl (C=O) groups is 1. The first kappa shape index (κ1) is 14.7. The molecule has 5 N–H and O–H groups in total. The van der Waals surface area contributed by atoms with Gasteiger partial charge in [0.1, 0.15) is 0 Å². The Morgan fingerprint density at radius 3 is 2.07 bits per heavy atom. The van der Waals surface area contributed by atoms with E-state index >= 15 is 0 Å². The molecule has 11 heteroatoms. The van der Waals surface area contributed by atoms with Crippen LogP contribution in [0.1, 0.15) is 0 Å². The van der Waals surface area contributed by atoms with E-state index in [2.05, 4.69) is 10.1 Å². The van der Waals surface area contributed by atoms with Crippen LogP contribution >= 0.6 is 15.2 Å². The van der Waals surface area contributed by atoms with Crippen molar-refractivity contribution >= 4 is 21.2 Å². The Hall–Kier alpha value is -0.270. The predicted molar refractivity (Wildman–Crippen MR) is 47.9 cm³/mol. The summed E-state index contributed by atoms with van der Waals surface area (Å²) in [5, 5.41) is 2.07. The SMILES string of the molecule is O=C(CNCP(=O)(O)O)OCP(=O)(O)O. The van der Waals surface area contributed by atoms with Gasteiger partial charge in [0.05, 0.1) is 12.8 Å². The molecule has 0 heterocycles. The van der Waals surface area contributed by atoms with Crippen LogP contribution in [0.4, 0.5) is 0 Å². The molecule has 0 bridgehead atoms. The van der Waals surface area contributed by atoms with Crippen LogP contribution < -0.4 is 5.32 Å². The van der Waals surface area contributed by atoms with E-state index in [0.717, 1.165) is 0 Å². The fraction of sp³-hybridized carbons (Fsp3) is 0.750. The van der Waals surface area contributed by atoms with E-state index in [9.17, 15) is 13.9 Å². The van der Waals surface area contributed by atoms with Crippen molar-refractivity contribution in [1.82, 2.24) is 5.32 Å². The zero-order chi connectivity index (χ0) is 12.1. The Balaban J connectivity index is 3.69. The third kappa shape index (κ3) is 11.7. The summed E-state index contributed by atoms with van der Waals surface area (Å²) in [5.41, 5.74) is 0. The summed E-state index contributed by atoms with van der Waals surface area (Å²) in [6.45, 7) is -0.537. The van der Waals surface area contributed by atoms with Crippen molar-refractivity contribution in [3.05, 3.63) is 0 Å². The molecule has 0 aliphatic heterocycles. The lowest BCUT2D eigenvalue weighted by atomic mass is 10.7. The second-order valence-corrected chi connectivity index (χ2v) is 5.79. The molecule has 0 fully saturated rings. The number of esters is 1. The number of rotatable bonds is 6. The largest absolute Gasteiger partial charge is 0.452 e. The average Bonchev–Trinajstić information content (AvgIpc) is 1.97. The van der Waals surface area contributed by atoms with E-state index in [1.165, 1.54) is 0 Å². The smallest absolute Gasteiger partial charge is 0.362 e. The van der Waals surface area contributed by atoms with Gasteiger partial charge >= 0.3 is 21.2 Å². The van der Waals surface area contributed by atoms with E-state index in [-0.39, 0.29) is 0 Å². The van der Waals surface area contributed by atoms with E-state index in [1.54, 1.807) is 0 Å². The number of nitrogens with one attached hydrogen (secondary N) is 1. The maximum Gasteiger partial charge on any atom is 0.362 e. The van der Waals surface area contributed by atoms with Crippen LogP contribution in [0.2, 0.25) is 0 Å². The lowest BCUT2D eigenvalue weighted by Crippen LogP contribution is -2.25. The summed E-state index contributed by atoms with van der Waals surface area (Å²) in [7, 11) is -8.65. The number of hydrogen-bond donors (Lipinski definition) is 5. The molecule has 0 saturated heterocycles. The van der Waals surface area contributed by atoms with Gasteiger partial charge in [-0.3, -0.25) is 19.2 Å². The molecule has 0 saturated carbocycles. The van der Waals surface area contributed by atoms with Crippen molar-refractivity contribution in [2.24, 2.45) is 0 Å². The molecule has 90 valence electrons. The highest BCUT2D eigenvalue weighted by atomic mass is 31.2. The quantitative estimate of drug-likeness (QED) is 0.281. The van der Waals surface area contributed by atoms with Crippen molar-refractivity contribution in [3.8, 4) is 0 Å². The van der Waals surface area contributed by atoms with Crippen molar-refractivity contribution in [2.45, 2.75) is 0 Å². The van der Waals surface area contributed by atoms with Crippen LogP contribution in [-0.2, 0) is 18.7 Å². The third-order valence-corrected chi connectivity index (χ3v) is 2.08. The molecule has 0 aliphatic carbocycles. The van der Waals surface area contributed by atoms with Crippen molar-refractivity contribution in [3.63, 3.8) is 0 Å². The maximum atomic E-state index is 10.7. The summed E-state index contributed by atoms with van der Waals surface area (Å²) < 4.78 is 24.6. The molecule has 0 radical (unpaired) electrons. The van der Waals surface area contributed by atoms with Gasteiger partial charge < -0.3 is 24.3 Å². The summed E-state index contributed by atoms with van der Waals surface area (Å²) in [6.07, 6.45) is -1.76. The minimum Gasteiger partial charge on any atom is -0.452 e. The highest BCUT2D eigenvalue weighted by Gasteiger charge is 2.17. The van der Waals surface area contributed by atoms with Gasteiger partial charge in [0.2, 0.25) is 0 Å². The van der Waals surface area contributed by atoms with Crippen molar-refractivity contribution in [2.75, 3.05) is 19.2 Å². The minimum atomic E-state index is -4.41. The maximum absolute atomic E-state index is 10.7. The lowest BCUT2D eigenvalue weighted by molar-refractivity contribution is -0.140. The molecule has 0 aliphatic rings. The highest BCUT2D eigenvalue weighted by molar-refractivity contribution is 7.51. The standard InChI is InChI=1S/C4H11NO8P2/c6-4(13-3-15(10,11)12)1-5-2-14(7,8)9/h5H,1-3H2,(H2,7,8,9)(H2,10,11,12). The molecule has 15 heavy (non-hydrogen) atoms. The topological polar surface area (TPSA) is 153 Å². The van der Waals surface area contributed by atoms with Crippen molar-refractivity contribution < 1.29 is 38.2 Å². The van der Waals surface area contributed by atoms with Gasteiger partial charge in [-0.05, 0) is 0 Å². The number of ether oxygens (including phenoxy) is 1. The van der Waals surface area contributed by atoms with Crippen LogP contribution in [0.25, 0.3) is 0 Å². The molecule has 0 unspecified atom stereocenters. The fourth-order valence-electron chi connectivity index (χ4n) is 0.511. The molecular weight excluding hydrogens is 252 g/mol. The molecule has 9 nitrogen and oxygen atoms in total. The van der Waals surface area contributed by atoms with Gasteiger partial charge in [-0.1, -0.05) is 0 Å². The molecule has 0 atom stereocenters. The first-order valence-corrected chi connectivity index (χ1v) is 7.15. The van der Waals surface area contributed by atoms with Crippen LogP contribution in [-0.4, -0.2) is 44.7 Å². The Kier molecular flexibility index (Phi) is 5.61. The van der Waals surface area contributed by atoms with Crippen LogP contribution in [0.15, 0.2) is 0 Å². The zero-order valence-electron chi connectivity index (χ0n) is 7.44. The van der Waals surface area contributed by atoms with Crippen LogP contribution in [0.5, 0.6) is 0 Å². The van der Waals surface area contributed by atoms with Gasteiger partial charge in [0.15, 0.2) is 6.35 Å². The monoisotopic (exact) mass is 263 g/mol. The molecule has 0 amide bonds. The molecule has 0 aromatic heterocycles. The summed E-state index contributed by atoms with van der Waals surface area (Å²) in [4.78, 5) is 44.0. The van der Waals surface area contributed by atoms with E-state index in [0.29, 0.717) is 0 Å². The van der Waals surface area contributed by atoms with Crippen LogP contribution in [0.3, 0.4) is 0 Å². The average molecular weight is 263 g/mol. The predicted octanol–water partition coefficient (Wildman–Crippen LogP) is -1.61. The van der Waals surface area contributed by atoms with E-state index in [4.69, 9.17) is 19.6 Å². The normalized spacial score (nSPS) is 12.5. The summed E-state index contributed by atoms with van der Waals surface area (Å²) in [5.74, 6) is -1.01.